The molecule has 1 aliphatic rings. The zero-order valence-electron chi connectivity index (χ0n) is 11.8. The lowest BCUT2D eigenvalue weighted by Crippen LogP contribution is -2.07. The van der Waals surface area contributed by atoms with Gasteiger partial charge in [-0.2, -0.15) is 0 Å². The van der Waals surface area contributed by atoms with E-state index in [1.54, 1.807) is 0 Å². The van der Waals surface area contributed by atoms with Crippen molar-refractivity contribution in [3.05, 3.63) is 76.2 Å². The second-order valence-corrected chi connectivity index (χ2v) is 5.96. The minimum Gasteiger partial charge on any atom is -0.251 e. The van der Waals surface area contributed by atoms with E-state index >= 15 is 0 Å². The highest BCUT2D eigenvalue weighted by molar-refractivity contribution is 8.03. The molecule has 0 fully saturated rings. The Balaban J connectivity index is 1.92. The Hall–Kier alpha value is -1.80. The molecule has 1 aliphatic heterocycles. The van der Waals surface area contributed by atoms with Crippen LogP contribution < -0.4 is 0 Å². The van der Waals surface area contributed by atoms with Gasteiger partial charge in [-0.15, -0.1) is 11.8 Å². The third kappa shape index (κ3) is 2.86. The monoisotopic (exact) mass is 279 g/mol. The van der Waals surface area contributed by atoms with Crippen LogP contribution in [0.4, 0.5) is 0 Å². The Labute approximate surface area is 124 Å². The molecule has 2 heteroatoms. The van der Waals surface area contributed by atoms with Gasteiger partial charge >= 0.3 is 0 Å². The molecule has 0 amide bonds. The van der Waals surface area contributed by atoms with E-state index in [9.17, 15) is 0 Å². The summed E-state index contributed by atoms with van der Waals surface area (Å²) in [6.07, 6.45) is 0. The zero-order chi connectivity index (χ0) is 13.9. The van der Waals surface area contributed by atoms with Crippen LogP contribution >= 0.6 is 11.8 Å². The molecule has 1 heterocycles. The van der Waals surface area contributed by atoms with Crippen LogP contribution in [-0.4, -0.2) is 11.5 Å². The number of nitrogens with zero attached hydrogens (tertiary/aromatic N) is 1. The van der Waals surface area contributed by atoms with Crippen LogP contribution in [0.1, 0.15) is 22.3 Å². The van der Waals surface area contributed by atoms with Crippen molar-refractivity contribution in [2.24, 2.45) is 4.99 Å². The van der Waals surface area contributed by atoms with Crippen molar-refractivity contribution in [3.8, 4) is 0 Å². The minimum absolute atomic E-state index is 0.943. The van der Waals surface area contributed by atoms with E-state index in [0.29, 0.717) is 0 Å². The Kier molecular flexibility index (Phi) is 3.75. The van der Waals surface area contributed by atoms with Crippen LogP contribution in [0.2, 0.25) is 0 Å². The molecule has 20 heavy (non-hydrogen) atoms. The molecule has 1 nitrogen and oxygen atoms in total. The quantitative estimate of drug-likeness (QED) is 0.766. The molecular formula is C18H17NS. The number of thioether (sulfide) groups is 1. The highest BCUT2D eigenvalue weighted by Gasteiger charge is 2.11. The maximum Gasteiger partial charge on any atom is 0.0768 e. The summed E-state index contributed by atoms with van der Waals surface area (Å²) in [7, 11) is 0. The lowest BCUT2D eigenvalue weighted by atomic mass is 10.1. The average molecular weight is 279 g/mol. The highest BCUT2D eigenvalue weighted by atomic mass is 32.2. The van der Waals surface area contributed by atoms with E-state index in [1.165, 1.54) is 22.3 Å². The van der Waals surface area contributed by atoms with Crippen molar-refractivity contribution < 1.29 is 0 Å². The summed E-state index contributed by atoms with van der Waals surface area (Å²) in [5.74, 6) is 0.943. The van der Waals surface area contributed by atoms with Crippen molar-refractivity contribution in [3.63, 3.8) is 0 Å². The molecule has 0 saturated carbocycles. The summed E-state index contributed by atoms with van der Waals surface area (Å²) < 4.78 is 0. The smallest absolute Gasteiger partial charge is 0.0768 e. The van der Waals surface area contributed by atoms with Crippen molar-refractivity contribution in [1.82, 2.24) is 0 Å². The van der Waals surface area contributed by atoms with Gasteiger partial charge in [0.1, 0.15) is 0 Å². The van der Waals surface area contributed by atoms with Crippen molar-refractivity contribution >= 4 is 23.2 Å². The third-order valence-corrected chi connectivity index (χ3v) is 4.23. The number of aliphatic imine (C=N–C) groups is 1. The molecule has 0 aliphatic carbocycles. The summed E-state index contributed by atoms with van der Waals surface area (Å²) >= 11 is 1.82. The Morgan fingerprint density at radius 3 is 1.95 bits per heavy atom. The number of rotatable bonds is 2. The second-order valence-electron chi connectivity index (χ2n) is 5.10. The van der Waals surface area contributed by atoms with Crippen molar-refractivity contribution in [1.29, 1.82) is 0 Å². The van der Waals surface area contributed by atoms with Gasteiger partial charge in [0.2, 0.25) is 0 Å². The van der Waals surface area contributed by atoms with Crippen LogP contribution in [0.25, 0.3) is 5.70 Å². The topological polar surface area (TPSA) is 12.4 Å². The molecule has 0 saturated heterocycles. The third-order valence-electron chi connectivity index (χ3n) is 3.40. The van der Waals surface area contributed by atoms with Crippen molar-refractivity contribution in [2.45, 2.75) is 13.8 Å². The summed E-state index contributed by atoms with van der Waals surface area (Å²) in [6.45, 7) is 4.22. The van der Waals surface area contributed by atoms with Gasteiger partial charge in [-0.3, -0.25) is 4.99 Å². The van der Waals surface area contributed by atoms with Crippen LogP contribution in [-0.2, 0) is 0 Å². The molecule has 0 atom stereocenters. The molecule has 0 aromatic heterocycles. The summed E-state index contributed by atoms with van der Waals surface area (Å²) in [4.78, 5) is 4.84. The second kappa shape index (κ2) is 5.68. The first kappa shape index (κ1) is 13.2. The highest BCUT2D eigenvalue weighted by Crippen LogP contribution is 2.26. The predicted molar refractivity (Wildman–Crippen MR) is 89.3 cm³/mol. The fourth-order valence-electron chi connectivity index (χ4n) is 2.15. The van der Waals surface area contributed by atoms with Gasteiger partial charge in [0, 0.05) is 11.3 Å². The van der Waals surface area contributed by atoms with E-state index in [0.717, 1.165) is 17.2 Å². The van der Waals surface area contributed by atoms with Gasteiger partial charge in [0.05, 0.1) is 11.4 Å². The fraction of sp³-hybridized carbons (Fsp3) is 0.167. The molecule has 0 N–H and O–H groups in total. The SMILES string of the molecule is Cc1ccc(C2=CSCC(c3ccc(C)cc3)=N2)cc1. The van der Waals surface area contributed by atoms with E-state index in [2.05, 4.69) is 67.8 Å². The fourth-order valence-corrected chi connectivity index (χ4v) is 2.97. The van der Waals surface area contributed by atoms with Crippen LogP contribution in [0, 0.1) is 13.8 Å². The Morgan fingerprint density at radius 2 is 1.35 bits per heavy atom. The molecule has 3 rings (SSSR count). The summed E-state index contributed by atoms with van der Waals surface area (Å²) in [5, 5.41) is 2.16. The molecule has 0 bridgehead atoms. The van der Waals surface area contributed by atoms with Gasteiger partial charge in [-0.25, -0.2) is 0 Å². The molecule has 0 spiro atoms. The van der Waals surface area contributed by atoms with E-state index in [4.69, 9.17) is 4.99 Å². The zero-order valence-corrected chi connectivity index (χ0v) is 12.6. The van der Waals surface area contributed by atoms with Crippen LogP contribution in [0.5, 0.6) is 0 Å². The lowest BCUT2D eigenvalue weighted by molar-refractivity contribution is 1.41. The number of aryl methyl sites for hydroxylation is 2. The Morgan fingerprint density at radius 1 is 0.800 bits per heavy atom. The van der Waals surface area contributed by atoms with Crippen LogP contribution in [0.15, 0.2) is 58.9 Å². The van der Waals surface area contributed by atoms with Gasteiger partial charge in [-0.05, 0) is 24.8 Å². The van der Waals surface area contributed by atoms with Crippen molar-refractivity contribution in [2.75, 3.05) is 5.75 Å². The molecule has 0 radical (unpaired) electrons. The van der Waals surface area contributed by atoms with Crippen LogP contribution in [0.3, 0.4) is 0 Å². The first-order chi connectivity index (χ1) is 9.72. The molecule has 0 unspecified atom stereocenters. The first-order valence-electron chi connectivity index (χ1n) is 6.76. The largest absolute Gasteiger partial charge is 0.251 e. The number of hydrogen-bond acceptors (Lipinski definition) is 2. The number of hydrogen-bond donors (Lipinski definition) is 0. The normalized spacial score (nSPS) is 14.7. The summed E-state index contributed by atoms with van der Waals surface area (Å²) in [6, 6.07) is 17.2. The summed E-state index contributed by atoms with van der Waals surface area (Å²) in [5.41, 5.74) is 7.20. The standard InChI is InChI=1S/C18H17NS/c1-13-3-7-15(8-4-13)17-11-20-12-18(19-17)16-9-5-14(2)6-10-16/h3-11H,12H2,1-2H3. The van der Waals surface area contributed by atoms with E-state index in [-0.39, 0.29) is 0 Å². The van der Waals surface area contributed by atoms with E-state index in [1.807, 2.05) is 11.8 Å². The maximum absolute atomic E-state index is 4.84. The van der Waals surface area contributed by atoms with Gasteiger partial charge in [-0.1, -0.05) is 59.7 Å². The van der Waals surface area contributed by atoms with Gasteiger partial charge in [0.25, 0.3) is 0 Å². The number of benzene rings is 2. The maximum atomic E-state index is 4.84. The van der Waals surface area contributed by atoms with Gasteiger partial charge in [0.15, 0.2) is 0 Å². The average Bonchev–Trinajstić information content (AvgIpc) is 2.49. The Bertz CT molecular complexity index is 664. The molecule has 2 aromatic carbocycles. The minimum atomic E-state index is 0.943. The van der Waals surface area contributed by atoms with E-state index < -0.39 is 0 Å². The lowest BCUT2D eigenvalue weighted by Gasteiger charge is -2.13. The van der Waals surface area contributed by atoms with Gasteiger partial charge < -0.3 is 0 Å². The molecule has 2 aromatic rings. The first-order valence-corrected chi connectivity index (χ1v) is 7.81. The molecular weight excluding hydrogens is 262 g/mol. The molecule has 100 valence electrons. The predicted octanol–water partition coefficient (Wildman–Crippen LogP) is 4.84.